The molecule has 4 aliphatic heterocycles. The topological polar surface area (TPSA) is 9.72 Å². The zero-order valence-electron chi connectivity index (χ0n) is 13.3. The minimum atomic E-state index is 0. The molecule has 0 amide bonds. The van der Waals surface area contributed by atoms with Gasteiger partial charge in [-0.15, -0.1) is 0 Å². The fourth-order valence-electron chi connectivity index (χ4n) is 3.19. The second kappa shape index (κ2) is 7.62. The quantitative estimate of drug-likeness (QED) is 0.537. The van der Waals surface area contributed by atoms with E-state index in [1.54, 1.807) is 0 Å². The third-order valence-electron chi connectivity index (χ3n) is 4.14. The van der Waals surface area contributed by atoms with Gasteiger partial charge in [-0.3, -0.25) is 14.7 Å². The van der Waals surface area contributed by atoms with Crippen molar-refractivity contribution < 1.29 is 19.5 Å². The number of benzene rings is 1. The van der Waals surface area contributed by atoms with E-state index in [0.29, 0.717) is 13.8 Å². The van der Waals surface area contributed by atoms with E-state index in [1.165, 1.54) is 50.0 Å². The van der Waals surface area contributed by atoms with Crippen molar-refractivity contribution in [2.24, 2.45) is 0 Å². The number of aryl methyl sites for hydroxylation is 1. The van der Waals surface area contributed by atoms with Crippen molar-refractivity contribution in [3.8, 4) is 0 Å². The zero-order chi connectivity index (χ0) is 14.1. The van der Waals surface area contributed by atoms with E-state index >= 15 is 0 Å². The molecule has 4 saturated heterocycles. The Morgan fingerprint density at radius 1 is 0.857 bits per heavy atom. The van der Waals surface area contributed by atoms with E-state index in [-0.39, 0.29) is 19.5 Å². The molecule has 5 rings (SSSR count). The van der Waals surface area contributed by atoms with Crippen molar-refractivity contribution in [1.82, 2.24) is 14.7 Å². The van der Waals surface area contributed by atoms with Gasteiger partial charge in [0.25, 0.3) is 0 Å². The number of hydrogen-bond donors (Lipinski definition) is 0. The van der Waals surface area contributed by atoms with Gasteiger partial charge in [-0.25, -0.2) is 0 Å². The van der Waals surface area contributed by atoms with Gasteiger partial charge in [-0.1, -0.05) is 51.6 Å². The first-order valence-corrected chi connectivity index (χ1v) is 9.46. The summed E-state index contributed by atoms with van der Waals surface area (Å²) >= 11 is 0. The summed E-state index contributed by atoms with van der Waals surface area (Å²) in [6, 6.07) is 8.71. The van der Waals surface area contributed by atoms with Crippen LogP contribution in [0.3, 0.4) is 0 Å². The fraction of sp³-hybridized carbons (Fsp3) is 0.625. The van der Waals surface area contributed by atoms with Gasteiger partial charge in [-0.2, -0.15) is 0 Å². The Bertz CT molecular complexity index is 393. The van der Waals surface area contributed by atoms with Crippen molar-refractivity contribution in [3.63, 3.8) is 0 Å². The maximum Gasteiger partial charge on any atom is 2.00 e. The van der Waals surface area contributed by atoms with Crippen LogP contribution >= 0.6 is 7.92 Å². The van der Waals surface area contributed by atoms with Crippen LogP contribution < -0.4 is 0 Å². The molecule has 3 nitrogen and oxygen atoms in total. The Morgan fingerprint density at radius 2 is 1.29 bits per heavy atom. The number of rotatable bonds is 1. The second-order valence-corrected chi connectivity index (χ2v) is 8.79. The maximum absolute atomic E-state index is 2.57. The molecule has 0 aromatic heterocycles. The van der Waals surface area contributed by atoms with Crippen molar-refractivity contribution in [3.05, 3.63) is 35.4 Å². The SMILES string of the molecule is C1N2CN3CN1CP(C2)C3.Cc1ccc(C(C)C)cc1.[Ru+2]. The Hall–Kier alpha value is 0.153. The molecule has 4 aliphatic rings. The van der Waals surface area contributed by atoms with Crippen LogP contribution in [0.2, 0.25) is 0 Å². The van der Waals surface area contributed by atoms with Crippen LogP contribution in [0.1, 0.15) is 30.9 Å². The summed E-state index contributed by atoms with van der Waals surface area (Å²) in [6.07, 6.45) is 4.26. The summed E-state index contributed by atoms with van der Waals surface area (Å²) in [5, 5.41) is 0. The van der Waals surface area contributed by atoms with Gasteiger partial charge >= 0.3 is 19.5 Å². The van der Waals surface area contributed by atoms with E-state index in [0.717, 1.165) is 0 Å². The molecule has 0 unspecified atom stereocenters. The average molecular weight is 392 g/mol. The molecule has 4 heterocycles. The van der Waals surface area contributed by atoms with Crippen LogP contribution in [0.4, 0.5) is 0 Å². The molecule has 0 spiro atoms. The Balaban J connectivity index is 0.000000147. The van der Waals surface area contributed by atoms with Gasteiger partial charge in [0.05, 0.1) is 20.0 Å². The van der Waals surface area contributed by atoms with Crippen LogP contribution in [0.25, 0.3) is 0 Å². The van der Waals surface area contributed by atoms with Crippen LogP contribution in [-0.2, 0) is 19.5 Å². The minimum absolute atomic E-state index is 0. The molecular weight excluding hydrogens is 366 g/mol. The summed E-state index contributed by atoms with van der Waals surface area (Å²) < 4.78 is 0. The molecule has 0 atom stereocenters. The molecule has 0 aliphatic carbocycles. The fourth-order valence-corrected chi connectivity index (χ4v) is 5.69. The Labute approximate surface area is 143 Å². The Morgan fingerprint density at radius 3 is 1.62 bits per heavy atom. The third-order valence-corrected chi connectivity index (χ3v) is 6.54. The van der Waals surface area contributed by atoms with Gasteiger partial charge in [0.15, 0.2) is 0 Å². The normalized spacial score (nSPS) is 32.4. The average Bonchev–Trinajstić information content (AvgIpc) is 2.38. The van der Waals surface area contributed by atoms with E-state index in [4.69, 9.17) is 0 Å². The maximum atomic E-state index is 2.57. The largest absolute Gasteiger partial charge is 2.00 e. The molecule has 4 fully saturated rings. The molecule has 0 radical (unpaired) electrons. The minimum Gasteiger partial charge on any atom is -0.273 e. The van der Waals surface area contributed by atoms with Gasteiger partial charge < -0.3 is 0 Å². The van der Waals surface area contributed by atoms with Crippen molar-refractivity contribution in [1.29, 1.82) is 0 Å². The zero-order valence-corrected chi connectivity index (χ0v) is 15.9. The molecule has 0 saturated carbocycles. The van der Waals surface area contributed by atoms with Crippen molar-refractivity contribution >= 4 is 7.92 Å². The first-order chi connectivity index (χ1) is 9.60. The molecule has 5 heteroatoms. The van der Waals surface area contributed by atoms with Crippen LogP contribution in [-0.4, -0.2) is 53.6 Å². The molecular formula is C16H26N3PRu+2. The summed E-state index contributed by atoms with van der Waals surface area (Å²) in [7, 11) is 0.366. The first kappa shape index (κ1) is 17.5. The predicted molar refractivity (Wildman–Crippen MR) is 86.9 cm³/mol. The summed E-state index contributed by atoms with van der Waals surface area (Å²) in [5.74, 6) is 0.653. The number of hydrogen-bond acceptors (Lipinski definition) is 3. The summed E-state index contributed by atoms with van der Waals surface area (Å²) in [4.78, 5) is 7.71. The number of nitrogens with zero attached hydrogens (tertiary/aromatic N) is 3. The van der Waals surface area contributed by atoms with Crippen LogP contribution in [0.15, 0.2) is 24.3 Å². The Kier molecular flexibility index (Phi) is 6.35. The standard InChI is InChI=1S/C10H14.C6H12N3P.Ru/c1-8(2)10-6-4-9(3)5-7-10;1-7-2-9-3-8(1)5-10(4-7)6-9;/h4-8H,1-3H3;1-6H2;/q;;+2. The van der Waals surface area contributed by atoms with Gasteiger partial charge in [0.1, 0.15) is 0 Å². The molecule has 4 bridgehead atoms. The van der Waals surface area contributed by atoms with Gasteiger partial charge in [0, 0.05) is 18.9 Å². The molecule has 1 aromatic carbocycles. The van der Waals surface area contributed by atoms with E-state index in [1.807, 2.05) is 0 Å². The van der Waals surface area contributed by atoms with Gasteiger partial charge in [-0.05, 0) is 18.4 Å². The predicted octanol–water partition coefficient (Wildman–Crippen LogP) is 3.28. The monoisotopic (exact) mass is 393 g/mol. The molecule has 1 aromatic rings. The molecule has 116 valence electrons. The van der Waals surface area contributed by atoms with Gasteiger partial charge in [0.2, 0.25) is 0 Å². The van der Waals surface area contributed by atoms with E-state index in [9.17, 15) is 0 Å². The smallest absolute Gasteiger partial charge is 0.273 e. The molecule has 21 heavy (non-hydrogen) atoms. The van der Waals surface area contributed by atoms with Crippen molar-refractivity contribution in [2.75, 3.05) is 38.9 Å². The van der Waals surface area contributed by atoms with Crippen LogP contribution in [0.5, 0.6) is 0 Å². The van der Waals surface area contributed by atoms with Crippen LogP contribution in [0, 0.1) is 6.92 Å². The van der Waals surface area contributed by atoms with E-state index < -0.39 is 0 Å². The first-order valence-electron chi connectivity index (χ1n) is 7.56. The third kappa shape index (κ3) is 4.56. The molecule has 0 N–H and O–H groups in total. The van der Waals surface area contributed by atoms with Crippen molar-refractivity contribution in [2.45, 2.75) is 26.7 Å². The van der Waals surface area contributed by atoms with E-state index in [2.05, 4.69) is 59.7 Å². The second-order valence-electron chi connectivity index (χ2n) is 6.60. The summed E-state index contributed by atoms with van der Waals surface area (Å²) in [6.45, 7) is 10.3. The summed E-state index contributed by atoms with van der Waals surface area (Å²) in [5.41, 5.74) is 2.76.